The summed E-state index contributed by atoms with van der Waals surface area (Å²) in [6.45, 7) is 0. The highest BCUT2D eigenvalue weighted by molar-refractivity contribution is 6.08. The van der Waals surface area contributed by atoms with Crippen molar-refractivity contribution in [1.29, 1.82) is 0 Å². The van der Waals surface area contributed by atoms with Crippen LogP contribution in [0.4, 0.5) is 8.78 Å². The van der Waals surface area contributed by atoms with Crippen molar-refractivity contribution >= 4 is 12.0 Å². The molecule has 78 valence electrons. The van der Waals surface area contributed by atoms with Gasteiger partial charge in [-0.05, 0) is 5.56 Å². The van der Waals surface area contributed by atoms with Gasteiger partial charge in [0.25, 0.3) is 6.43 Å². The number of aliphatic imine (C=N–C) groups is 1. The third kappa shape index (κ3) is 1.79. The van der Waals surface area contributed by atoms with Crippen LogP contribution in [0.25, 0.3) is 0 Å². The average Bonchev–Trinajstić information content (AvgIpc) is 2.61. The van der Waals surface area contributed by atoms with Crippen molar-refractivity contribution in [2.75, 3.05) is 0 Å². The normalized spacial score (nSPS) is 25.1. The van der Waals surface area contributed by atoms with Gasteiger partial charge >= 0.3 is 0 Å². The summed E-state index contributed by atoms with van der Waals surface area (Å²) in [5.74, 6) is -1.12. The molecule has 0 N–H and O–H groups in total. The molecular formula is C11H9F2NO. The second kappa shape index (κ2) is 3.88. The molecule has 0 spiro atoms. The summed E-state index contributed by atoms with van der Waals surface area (Å²) in [7, 11) is 0. The fourth-order valence-corrected chi connectivity index (χ4v) is 1.61. The van der Waals surface area contributed by atoms with E-state index >= 15 is 0 Å². The standard InChI is InChI=1S/C11H9F2NO/c12-11(13)9-10(15)8(6-14-9)7-4-2-1-3-5-7/h1-6,8-9,11H. The van der Waals surface area contributed by atoms with E-state index in [2.05, 4.69) is 4.99 Å². The molecule has 2 atom stereocenters. The predicted molar refractivity (Wildman–Crippen MR) is 52.5 cm³/mol. The number of alkyl halides is 2. The number of hydrogen-bond donors (Lipinski definition) is 0. The maximum atomic E-state index is 12.3. The van der Waals surface area contributed by atoms with Crippen molar-refractivity contribution in [1.82, 2.24) is 0 Å². The lowest BCUT2D eigenvalue weighted by molar-refractivity contribution is -0.122. The largest absolute Gasteiger partial charge is 0.296 e. The van der Waals surface area contributed by atoms with Crippen LogP contribution in [0.15, 0.2) is 35.3 Å². The molecule has 2 unspecified atom stereocenters. The summed E-state index contributed by atoms with van der Waals surface area (Å²) >= 11 is 0. The van der Waals surface area contributed by atoms with E-state index in [0.717, 1.165) is 5.56 Å². The van der Waals surface area contributed by atoms with Crippen molar-refractivity contribution in [3.63, 3.8) is 0 Å². The SMILES string of the molecule is O=C1C(c2ccccc2)C=NC1C(F)F. The van der Waals surface area contributed by atoms with Gasteiger partial charge < -0.3 is 0 Å². The molecule has 0 radical (unpaired) electrons. The number of carbonyl (C=O) groups excluding carboxylic acids is 1. The summed E-state index contributed by atoms with van der Waals surface area (Å²) in [5, 5.41) is 0. The van der Waals surface area contributed by atoms with Crippen LogP contribution in [0.1, 0.15) is 11.5 Å². The molecule has 0 saturated carbocycles. The minimum Gasteiger partial charge on any atom is -0.296 e. The number of nitrogens with zero attached hydrogens (tertiary/aromatic N) is 1. The van der Waals surface area contributed by atoms with E-state index in [-0.39, 0.29) is 0 Å². The summed E-state index contributed by atoms with van der Waals surface area (Å²) in [5.41, 5.74) is 0.717. The fourth-order valence-electron chi connectivity index (χ4n) is 1.61. The van der Waals surface area contributed by atoms with Crippen LogP contribution in [-0.4, -0.2) is 24.5 Å². The van der Waals surface area contributed by atoms with E-state index in [9.17, 15) is 13.6 Å². The topological polar surface area (TPSA) is 29.4 Å². The molecule has 0 amide bonds. The van der Waals surface area contributed by atoms with Crippen LogP contribution in [0, 0.1) is 0 Å². The summed E-state index contributed by atoms with van der Waals surface area (Å²) in [6.07, 6.45) is -1.39. The Morgan fingerprint density at radius 2 is 1.87 bits per heavy atom. The minimum atomic E-state index is -2.71. The molecule has 0 bridgehead atoms. The van der Waals surface area contributed by atoms with Crippen LogP contribution < -0.4 is 0 Å². The second-order valence-corrected chi connectivity index (χ2v) is 3.37. The molecule has 0 aliphatic carbocycles. The predicted octanol–water partition coefficient (Wildman–Crippen LogP) is 2.06. The third-order valence-corrected chi connectivity index (χ3v) is 2.39. The molecule has 1 aliphatic heterocycles. The van der Waals surface area contributed by atoms with E-state index in [4.69, 9.17) is 0 Å². The van der Waals surface area contributed by atoms with E-state index in [0.29, 0.717) is 0 Å². The highest BCUT2D eigenvalue weighted by atomic mass is 19.3. The number of Topliss-reactive ketones (excluding diaryl/α,β-unsaturated/α-hetero) is 1. The van der Waals surface area contributed by atoms with Gasteiger partial charge in [-0.2, -0.15) is 0 Å². The first-order valence-corrected chi connectivity index (χ1v) is 4.60. The molecule has 1 heterocycles. The zero-order chi connectivity index (χ0) is 10.8. The van der Waals surface area contributed by atoms with E-state index in [1.807, 2.05) is 6.07 Å². The Hall–Kier alpha value is -1.58. The van der Waals surface area contributed by atoms with Crippen LogP contribution in [0.2, 0.25) is 0 Å². The number of benzene rings is 1. The quantitative estimate of drug-likeness (QED) is 0.733. The molecule has 1 aromatic rings. The number of rotatable bonds is 2. The summed E-state index contributed by atoms with van der Waals surface area (Å²) < 4.78 is 24.7. The first-order chi connectivity index (χ1) is 7.20. The van der Waals surface area contributed by atoms with Gasteiger partial charge in [0.15, 0.2) is 11.8 Å². The summed E-state index contributed by atoms with van der Waals surface area (Å²) in [4.78, 5) is 15.1. The van der Waals surface area contributed by atoms with Crippen molar-refractivity contribution in [3.8, 4) is 0 Å². The molecular weight excluding hydrogens is 200 g/mol. The average molecular weight is 209 g/mol. The molecule has 0 aromatic heterocycles. The van der Waals surface area contributed by atoms with E-state index in [1.165, 1.54) is 6.21 Å². The molecule has 0 fully saturated rings. The zero-order valence-electron chi connectivity index (χ0n) is 7.81. The molecule has 1 aliphatic rings. The Kier molecular flexibility index (Phi) is 2.58. The first-order valence-electron chi connectivity index (χ1n) is 4.60. The summed E-state index contributed by atoms with van der Waals surface area (Å²) in [6, 6.07) is 7.35. The molecule has 1 aromatic carbocycles. The molecule has 2 rings (SSSR count). The van der Waals surface area contributed by atoms with Gasteiger partial charge in [0.2, 0.25) is 0 Å². The van der Waals surface area contributed by atoms with Crippen LogP contribution >= 0.6 is 0 Å². The maximum Gasteiger partial charge on any atom is 0.267 e. The number of hydrogen-bond acceptors (Lipinski definition) is 2. The lowest BCUT2D eigenvalue weighted by atomic mass is 9.95. The smallest absolute Gasteiger partial charge is 0.267 e. The highest BCUT2D eigenvalue weighted by Crippen LogP contribution is 2.25. The molecule has 0 saturated heterocycles. The van der Waals surface area contributed by atoms with Crippen molar-refractivity contribution < 1.29 is 13.6 Å². The Balaban J connectivity index is 2.22. The Labute approximate surface area is 85.6 Å². The second-order valence-electron chi connectivity index (χ2n) is 3.37. The first kappa shape index (κ1) is 9.96. The van der Waals surface area contributed by atoms with Gasteiger partial charge in [-0.3, -0.25) is 9.79 Å². The molecule has 4 heteroatoms. The van der Waals surface area contributed by atoms with E-state index < -0.39 is 24.2 Å². The molecule has 15 heavy (non-hydrogen) atoms. The van der Waals surface area contributed by atoms with Gasteiger partial charge in [0.05, 0.1) is 5.92 Å². The fraction of sp³-hybridized carbons (Fsp3) is 0.273. The lowest BCUT2D eigenvalue weighted by Gasteiger charge is -2.08. The van der Waals surface area contributed by atoms with Gasteiger partial charge in [0, 0.05) is 6.21 Å². The van der Waals surface area contributed by atoms with Gasteiger partial charge in [0.1, 0.15) is 0 Å². The van der Waals surface area contributed by atoms with Crippen LogP contribution in [-0.2, 0) is 4.79 Å². The van der Waals surface area contributed by atoms with Gasteiger partial charge in [-0.15, -0.1) is 0 Å². The van der Waals surface area contributed by atoms with Crippen LogP contribution in [0.5, 0.6) is 0 Å². The third-order valence-electron chi connectivity index (χ3n) is 2.39. The van der Waals surface area contributed by atoms with Crippen molar-refractivity contribution in [2.45, 2.75) is 18.4 Å². The van der Waals surface area contributed by atoms with E-state index in [1.54, 1.807) is 24.3 Å². The lowest BCUT2D eigenvalue weighted by Crippen LogP contribution is -2.26. The monoisotopic (exact) mass is 209 g/mol. The highest BCUT2D eigenvalue weighted by Gasteiger charge is 2.37. The van der Waals surface area contributed by atoms with Crippen molar-refractivity contribution in [2.24, 2.45) is 4.99 Å². The minimum absolute atomic E-state index is 0.517. The number of ketones is 1. The van der Waals surface area contributed by atoms with Gasteiger partial charge in [-0.25, -0.2) is 8.78 Å². The maximum absolute atomic E-state index is 12.3. The Morgan fingerprint density at radius 3 is 2.40 bits per heavy atom. The molecule has 2 nitrogen and oxygen atoms in total. The van der Waals surface area contributed by atoms with Gasteiger partial charge in [-0.1, -0.05) is 30.3 Å². The van der Waals surface area contributed by atoms with Crippen molar-refractivity contribution in [3.05, 3.63) is 35.9 Å². The van der Waals surface area contributed by atoms with Crippen LogP contribution in [0.3, 0.4) is 0 Å². The Morgan fingerprint density at radius 1 is 1.20 bits per heavy atom. The number of carbonyl (C=O) groups is 1. The zero-order valence-corrected chi connectivity index (χ0v) is 7.81. The number of halogens is 2. The Bertz CT molecular complexity index is 389.